The maximum Gasteiger partial charge on any atom is 0.241 e. The third-order valence-electron chi connectivity index (χ3n) is 3.86. The summed E-state index contributed by atoms with van der Waals surface area (Å²) in [4.78, 5) is 10.9. The van der Waals surface area contributed by atoms with Crippen LogP contribution in [0.15, 0.2) is 66.7 Å². The van der Waals surface area contributed by atoms with Crippen LogP contribution in [-0.4, -0.2) is 13.0 Å². The molecule has 2 N–H and O–H groups in total. The van der Waals surface area contributed by atoms with Gasteiger partial charge in [0.25, 0.3) is 0 Å². The Morgan fingerprint density at radius 2 is 1.84 bits per heavy atom. The van der Waals surface area contributed by atoms with Crippen LogP contribution < -0.4 is 15.2 Å². The number of fused-ring (bicyclic) bond motifs is 1. The van der Waals surface area contributed by atoms with Gasteiger partial charge < -0.3 is 15.2 Å². The second-order valence-electron chi connectivity index (χ2n) is 5.60. The molecule has 4 heteroatoms. The normalized spacial score (nSPS) is 10.9. The third kappa shape index (κ3) is 4.18. The molecule has 4 nitrogen and oxygen atoms in total. The molecule has 0 heterocycles. The second kappa shape index (κ2) is 7.53. The minimum atomic E-state index is -0.482. The fourth-order valence-corrected chi connectivity index (χ4v) is 2.61. The number of benzene rings is 3. The van der Waals surface area contributed by atoms with Crippen LogP contribution >= 0.6 is 0 Å². The van der Waals surface area contributed by atoms with Gasteiger partial charge in [-0.25, -0.2) is 0 Å². The van der Waals surface area contributed by atoms with Crippen molar-refractivity contribution in [2.45, 2.75) is 6.61 Å². The van der Waals surface area contributed by atoms with Gasteiger partial charge in [-0.2, -0.15) is 0 Å². The molecular weight excluding hydrogens is 314 g/mol. The van der Waals surface area contributed by atoms with Crippen molar-refractivity contribution in [2.24, 2.45) is 5.73 Å². The average Bonchev–Trinajstić information content (AvgIpc) is 2.64. The van der Waals surface area contributed by atoms with Crippen LogP contribution in [0.4, 0.5) is 0 Å². The van der Waals surface area contributed by atoms with E-state index in [0.29, 0.717) is 6.61 Å². The van der Waals surface area contributed by atoms with Crippen molar-refractivity contribution in [3.8, 4) is 11.5 Å². The van der Waals surface area contributed by atoms with Crippen LogP contribution in [0.3, 0.4) is 0 Å². The van der Waals surface area contributed by atoms with Gasteiger partial charge in [-0.05, 0) is 46.7 Å². The van der Waals surface area contributed by atoms with Gasteiger partial charge in [-0.15, -0.1) is 0 Å². The summed E-state index contributed by atoms with van der Waals surface area (Å²) in [6, 6.07) is 19.8. The van der Waals surface area contributed by atoms with Crippen LogP contribution in [0.25, 0.3) is 16.8 Å². The smallest absolute Gasteiger partial charge is 0.241 e. The van der Waals surface area contributed by atoms with Crippen molar-refractivity contribution >= 4 is 22.8 Å². The van der Waals surface area contributed by atoms with Gasteiger partial charge in [0.2, 0.25) is 5.91 Å². The van der Waals surface area contributed by atoms with Gasteiger partial charge in [0.05, 0.1) is 7.11 Å². The molecule has 0 bridgehead atoms. The van der Waals surface area contributed by atoms with Crippen LogP contribution in [0.5, 0.6) is 11.5 Å². The van der Waals surface area contributed by atoms with E-state index in [9.17, 15) is 4.79 Å². The maximum atomic E-state index is 10.9. The van der Waals surface area contributed by atoms with Gasteiger partial charge in [0.1, 0.15) is 18.1 Å². The summed E-state index contributed by atoms with van der Waals surface area (Å²) in [5.74, 6) is 1.04. The molecule has 25 heavy (non-hydrogen) atoms. The SMILES string of the molecule is COc1ccc(/C=C\C(N)=O)cc1COc1ccc2ccccc2c1. The molecule has 0 fully saturated rings. The van der Waals surface area contributed by atoms with Crippen LogP contribution in [-0.2, 0) is 11.4 Å². The first-order valence-electron chi connectivity index (χ1n) is 7.92. The minimum Gasteiger partial charge on any atom is -0.496 e. The van der Waals surface area contributed by atoms with E-state index in [1.807, 2.05) is 48.5 Å². The zero-order valence-corrected chi connectivity index (χ0v) is 13.9. The molecule has 0 saturated carbocycles. The van der Waals surface area contributed by atoms with E-state index >= 15 is 0 Å². The number of hydrogen-bond acceptors (Lipinski definition) is 3. The van der Waals surface area contributed by atoms with E-state index in [-0.39, 0.29) is 0 Å². The topological polar surface area (TPSA) is 61.5 Å². The lowest BCUT2D eigenvalue weighted by Gasteiger charge is -2.12. The average molecular weight is 333 g/mol. The van der Waals surface area contributed by atoms with E-state index in [1.165, 1.54) is 11.5 Å². The highest BCUT2D eigenvalue weighted by atomic mass is 16.5. The summed E-state index contributed by atoms with van der Waals surface area (Å²) < 4.78 is 11.3. The number of hydrogen-bond donors (Lipinski definition) is 1. The Kier molecular flexibility index (Phi) is 5.00. The van der Waals surface area contributed by atoms with Crippen molar-refractivity contribution in [3.05, 3.63) is 77.9 Å². The number of methoxy groups -OCH3 is 1. The molecular formula is C21H19NO3. The molecule has 0 unspecified atom stereocenters. The monoisotopic (exact) mass is 333 g/mol. The Morgan fingerprint density at radius 1 is 1.04 bits per heavy atom. The first kappa shape index (κ1) is 16.6. The number of carbonyl (C=O) groups excluding carboxylic acids is 1. The highest BCUT2D eigenvalue weighted by molar-refractivity contribution is 5.90. The van der Waals surface area contributed by atoms with Crippen molar-refractivity contribution in [1.29, 1.82) is 0 Å². The van der Waals surface area contributed by atoms with E-state index in [1.54, 1.807) is 13.2 Å². The molecule has 3 aromatic carbocycles. The largest absolute Gasteiger partial charge is 0.496 e. The van der Waals surface area contributed by atoms with E-state index in [0.717, 1.165) is 28.0 Å². The van der Waals surface area contributed by atoms with Gasteiger partial charge in [-0.1, -0.05) is 36.4 Å². The predicted octanol–water partition coefficient (Wildman–Crippen LogP) is 3.93. The molecule has 0 aliphatic carbocycles. The summed E-state index contributed by atoms with van der Waals surface area (Å²) in [6.45, 7) is 0.361. The molecule has 0 radical (unpaired) electrons. The molecule has 0 atom stereocenters. The molecule has 3 rings (SSSR count). The molecule has 0 aromatic heterocycles. The number of amides is 1. The fraction of sp³-hybridized carbons (Fsp3) is 0.0952. The zero-order chi connectivity index (χ0) is 17.6. The quantitative estimate of drug-likeness (QED) is 0.695. The Hall–Kier alpha value is -3.27. The maximum absolute atomic E-state index is 10.9. The van der Waals surface area contributed by atoms with Gasteiger partial charge in [0, 0.05) is 11.6 Å². The molecule has 3 aromatic rings. The summed E-state index contributed by atoms with van der Waals surface area (Å²) in [6.07, 6.45) is 3.00. The predicted molar refractivity (Wildman–Crippen MR) is 99.5 cm³/mol. The van der Waals surface area contributed by atoms with E-state index < -0.39 is 5.91 Å². The standard InChI is InChI=1S/C21H19NO3/c1-24-20-10-6-15(7-11-21(22)23)12-18(20)14-25-19-9-8-16-4-2-3-5-17(16)13-19/h2-13H,14H2,1H3,(H2,22,23)/b11-7-. The van der Waals surface area contributed by atoms with Crippen LogP contribution in [0.1, 0.15) is 11.1 Å². The van der Waals surface area contributed by atoms with E-state index in [4.69, 9.17) is 15.2 Å². The fourth-order valence-electron chi connectivity index (χ4n) is 2.61. The number of primary amides is 1. The third-order valence-corrected chi connectivity index (χ3v) is 3.86. The first-order valence-corrected chi connectivity index (χ1v) is 7.92. The molecule has 1 amide bonds. The lowest BCUT2D eigenvalue weighted by atomic mass is 10.1. The van der Waals surface area contributed by atoms with Crippen LogP contribution in [0.2, 0.25) is 0 Å². The highest BCUT2D eigenvalue weighted by Gasteiger charge is 2.06. The number of ether oxygens (including phenoxy) is 2. The Morgan fingerprint density at radius 3 is 2.60 bits per heavy atom. The van der Waals surface area contributed by atoms with Gasteiger partial charge in [-0.3, -0.25) is 4.79 Å². The van der Waals surface area contributed by atoms with Gasteiger partial charge >= 0.3 is 0 Å². The number of carbonyl (C=O) groups is 1. The molecule has 126 valence electrons. The lowest BCUT2D eigenvalue weighted by molar-refractivity contribution is -0.113. The summed E-state index contributed by atoms with van der Waals surface area (Å²) >= 11 is 0. The van der Waals surface area contributed by atoms with Crippen LogP contribution in [0, 0.1) is 0 Å². The Balaban J connectivity index is 1.80. The summed E-state index contributed by atoms with van der Waals surface area (Å²) in [5, 5.41) is 2.30. The summed E-state index contributed by atoms with van der Waals surface area (Å²) in [5.41, 5.74) is 6.89. The second-order valence-corrected chi connectivity index (χ2v) is 5.60. The highest BCUT2D eigenvalue weighted by Crippen LogP contribution is 2.25. The van der Waals surface area contributed by atoms with Crippen molar-refractivity contribution in [3.63, 3.8) is 0 Å². The number of nitrogens with two attached hydrogens (primary N) is 1. The van der Waals surface area contributed by atoms with Crippen molar-refractivity contribution in [1.82, 2.24) is 0 Å². The Bertz CT molecular complexity index is 931. The van der Waals surface area contributed by atoms with Crippen molar-refractivity contribution in [2.75, 3.05) is 7.11 Å². The Labute approximate surface area is 146 Å². The molecule has 0 saturated heterocycles. The molecule has 0 aliphatic rings. The summed E-state index contributed by atoms with van der Waals surface area (Å²) in [7, 11) is 1.62. The zero-order valence-electron chi connectivity index (χ0n) is 13.9. The number of rotatable bonds is 6. The first-order chi connectivity index (χ1) is 12.2. The molecule has 0 aliphatic heterocycles. The molecule has 0 spiro atoms. The van der Waals surface area contributed by atoms with Crippen molar-refractivity contribution < 1.29 is 14.3 Å². The van der Waals surface area contributed by atoms with Gasteiger partial charge in [0.15, 0.2) is 0 Å². The van der Waals surface area contributed by atoms with E-state index in [2.05, 4.69) is 12.1 Å². The minimum absolute atomic E-state index is 0.361. The lowest BCUT2D eigenvalue weighted by Crippen LogP contribution is -2.05.